The quantitative estimate of drug-likeness (QED) is 0.159. The minimum atomic E-state index is -0.947. The molecule has 1 aromatic carbocycles. The summed E-state index contributed by atoms with van der Waals surface area (Å²) in [6, 6.07) is 5.81. The van der Waals surface area contributed by atoms with Crippen LogP contribution in [0, 0.1) is 24.7 Å². The molecule has 1 aliphatic rings. The minimum Gasteiger partial charge on any atom is -0.481 e. The van der Waals surface area contributed by atoms with E-state index < -0.39 is 35.9 Å². The van der Waals surface area contributed by atoms with E-state index in [-0.39, 0.29) is 72.2 Å². The zero-order chi connectivity index (χ0) is 38.5. The number of carboxylic acids is 1. The third-order valence-corrected chi connectivity index (χ3v) is 11.1. The third-order valence-electron chi connectivity index (χ3n) is 10.2. The maximum absolute atomic E-state index is 14.4. The smallest absolute Gasteiger partial charge is 0.306 e. The van der Waals surface area contributed by atoms with E-state index in [0.29, 0.717) is 12.8 Å². The number of piperidine rings is 1. The largest absolute Gasteiger partial charge is 0.481 e. The summed E-state index contributed by atoms with van der Waals surface area (Å²) in [7, 11) is 3.49. The summed E-state index contributed by atoms with van der Waals surface area (Å²) >= 11 is 1.06. The number of aliphatic carboxylic acids is 1. The number of aromatic nitrogens is 1. The van der Waals surface area contributed by atoms with Crippen LogP contribution in [0.25, 0.3) is 0 Å². The predicted molar refractivity (Wildman–Crippen MR) is 202 cm³/mol. The number of methoxy groups -OCH3 is 1. The molecule has 0 saturated carbocycles. The highest BCUT2D eigenvalue weighted by atomic mass is 32.1. The van der Waals surface area contributed by atoms with Crippen LogP contribution in [0.5, 0.6) is 0 Å². The topological polar surface area (TPSA) is 158 Å². The van der Waals surface area contributed by atoms with Crippen molar-refractivity contribution in [2.45, 2.75) is 111 Å². The molecule has 2 aromatic rings. The maximum atomic E-state index is 14.4. The number of Topliss-reactive ketones (excluding diaryl/α,β-unsaturated/α-hetero) is 1. The first-order chi connectivity index (χ1) is 24.7. The number of benzene rings is 1. The minimum absolute atomic E-state index is 0.0274. The van der Waals surface area contributed by atoms with Gasteiger partial charge in [-0.25, -0.2) is 4.98 Å². The van der Waals surface area contributed by atoms with E-state index in [9.17, 15) is 29.1 Å². The SMILES string of the molecule is CCC(C)C(NC(=O)C1CCCCN1C)C(=O)N(CCOC)C(CC(=O)c1nc(C(=O)NC(Cc2ccc(C)cc2)CC(C)C(=O)O)cs1)C(C)C. The van der Waals surface area contributed by atoms with Crippen LogP contribution in [0.4, 0.5) is 0 Å². The number of likely N-dealkylation sites (tertiary alicyclic amines) is 1. The Hall–Kier alpha value is -3.68. The highest BCUT2D eigenvalue weighted by molar-refractivity contribution is 7.12. The Bertz CT molecular complexity index is 1500. The fourth-order valence-corrected chi connectivity index (χ4v) is 7.37. The molecule has 6 unspecified atom stereocenters. The van der Waals surface area contributed by atoms with E-state index in [0.717, 1.165) is 48.3 Å². The first-order valence-electron chi connectivity index (χ1n) is 18.5. The fraction of sp³-hybridized carbons (Fsp3) is 0.641. The molecule has 52 heavy (non-hydrogen) atoms. The number of carbonyl (C=O) groups is 5. The number of likely N-dealkylation sites (N-methyl/N-ethyl adjacent to an activating group) is 1. The summed E-state index contributed by atoms with van der Waals surface area (Å²) in [6.45, 7) is 12.7. The zero-order valence-corrected chi connectivity index (χ0v) is 33.0. The van der Waals surface area contributed by atoms with Crippen molar-refractivity contribution in [3.8, 4) is 0 Å². The van der Waals surface area contributed by atoms with Gasteiger partial charge in [-0.2, -0.15) is 0 Å². The van der Waals surface area contributed by atoms with Gasteiger partial charge in [0, 0.05) is 37.5 Å². The number of hydrogen-bond donors (Lipinski definition) is 3. The van der Waals surface area contributed by atoms with E-state index in [2.05, 4.69) is 15.6 Å². The molecular formula is C39H59N5O7S. The summed E-state index contributed by atoms with van der Waals surface area (Å²) in [5, 5.41) is 17.2. The van der Waals surface area contributed by atoms with Gasteiger partial charge < -0.3 is 25.4 Å². The monoisotopic (exact) mass is 741 g/mol. The number of rotatable bonds is 20. The predicted octanol–water partition coefficient (Wildman–Crippen LogP) is 4.99. The first-order valence-corrected chi connectivity index (χ1v) is 19.4. The molecule has 0 radical (unpaired) electrons. The van der Waals surface area contributed by atoms with Gasteiger partial charge in [0.05, 0.1) is 18.6 Å². The van der Waals surface area contributed by atoms with Gasteiger partial charge in [-0.1, -0.05) is 77.3 Å². The standard InChI is InChI=1S/C39H59N5O7S/c1-9-26(5)34(42-36(47)31-12-10-11-17-43(31)7)38(48)44(18-19-51-8)32(24(2)3)22-33(45)37-41-30(23-52-37)35(46)40-29(20-27(6)39(49)50)21-28-15-13-25(4)14-16-28/h13-16,23-24,26-27,29,31-32,34H,9-12,17-22H2,1-8H3,(H,40,46)(H,42,47)(H,49,50). The Morgan fingerprint density at radius 1 is 1.08 bits per heavy atom. The Balaban J connectivity index is 1.80. The van der Waals surface area contributed by atoms with Gasteiger partial charge in [-0.05, 0) is 63.6 Å². The highest BCUT2D eigenvalue weighted by Gasteiger charge is 2.38. The number of carboxylic acid groups (broad SMARTS) is 1. The molecule has 6 atom stereocenters. The van der Waals surface area contributed by atoms with Crippen LogP contribution < -0.4 is 10.6 Å². The molecule has 288 valence electrons. The van der Waals surface area contributed by atoms with Crippen molar-refractivity contribution in [2.75, 3.05) is 33.9 Å². The van der Waals surface area contributed by atoms with Crippen LogP contribution in [-0.2, 0) is 25.5 Å². The average Bonchev–Trinajstić information content (AvgIpc) is 3.61. The lowest BCUT2D eigenvalue weighted by Gasteiger charge is -2.39. The summed E-state index contributed by atoms with van der Waals surface area (Å²) < 4.78 is 5.38. The van der Waals surface area contributed by atoms with Gasteiger partial charge in [0.15, 0.2) is 10.8 Å². The molecule has 0 spiro atoms. The highest BCUT2D eigenvalue weighted by Crippen LogP contribution is 2.24. The van der Waals surface area contributed by atoms with Crippen molar-refractivity contribution in [1.29, 1.82) is 0 Å². The Morgan fingerprint density at radius 2 is 1.77 bits per heavy atom. The third kappa shape index (κ3) is 12.2. The van der Waals surface area contributed by atoms with E-state index in [1.54, 1.807) is 18.9 Å². The molecule has 13 heteroatoms. The molecule has 3 amide bonds. The molecule has 1 aromatic heterocycles. The number of aryl methyl sites for hydroxylation is 1. The van der Waals surface area contributed by atoms with Crippen molar-refractivity contribution >= 4 is 40.8 Å². The van der Waals surface area contributed by atoms with Crippen LogP contribution in [0.1, 0.15) is 105 Å². The summed E-state index contributed by atoms with van der Waals surface area (Å²) in [6.07, 6.45) is 4.04. The molecular weight excluding hydrogens is 683 g/mol. The van der Waals surface area contributed by atoms with Gasteiger partial charge in [0.2, 0.25) is 11.8 Å². The van der Waals surface area contributed by atoms with Gasteiger partial charge >= 0.3 is 5.97 Å². The van der Waals surface area contributed by atoms with Gasteiger partial charge in [0.25, 0.3) is 5.91 Å². The lowest BCUT2D eigenvalue weighted by molar-refractivity contribution is -0.142. The van der Waals surface area contributed by atoms with Crippen LogP contribution in [-0.4, -0.2) is 107 Å². The van der Waals surface area contributed by atoms with E-state index in [1.165, 1.54) is 5.38 Å². The fourth-order valence-electron chi connectivity index (χ4n) is 6.62. The Kier molecular flexibility index (Phi) is 16.9. The van der Waals surface area contributed by atoms with Crippen molar-refractivity contribution in [3.05, 3.63) is 51.5 Å². The van der Waals surface area contributed by atoms with Gasteiger partial charge in [0.1, 0.15) is 11.7 Å². The number of ether oxygens (including phenoxy) is 1. The molecule has 1 aliphatic heterocycles. The molecule has 0 aliphatic carbocycles. The van der Waals surface area contributed by atoms with Crippen LogP contribution in [0.2, 0.25) is 0 Å². The average molecular weight is 742 g/mol. The van der Waals surface area contributed by atoms with Gasteiger partial charge in [-0.15, -0.1) is 11.3 Å². The molecule has 1 saturated heterocycles. The first kappa shape index (κ1) is 42.7. The molecule has 2 heterocycles. The van der Waals surface area contributed by atoms with Crippen molar-refractivity contribution < 1.29 is 33.8 Å². The van der Waals surface area contributed by atoms with Crippen molar-refractivity contribution in [1.82, 2.24) is 25.4 Å². The number of ketones is 1. The summed E-state index contributed by atoms with van der Waals surface area (Å²) in [5.41, 5.74) is 2.14. The molecule has 3 rings (SSSR count). The number of thiazole rings is 1. The molecule has 12 nitrogen and oxygen atoms in total. The Morgan fingerprint density at radius 3 is 2.37 bits per heavy atom. The normalized spacial score (nSPS) is 17.8. The second kappa shape index (κ2) is 20.5. The summed E-state index contributed by atoms with van der Waals surface area (Å²) in [5.74, 6) is -3.09. The van der Waals surface area contributed by atoms with E-state index >= 15 is 0 Å². The number of nitrogens with one attached hydrogen (secondary N) is 2. The second-order valence-corrected chi connectivity index (χ2v) is 15.6. The number of nitrogens with zero attached hydrogens (tertiary/aromatic N) is 3. The molecule has 1 fully saturated rings. The second-order valence-electron chi connectivity index (χ2n) is 14.7. The van der Waals surface area contributed by atoms with Crippen LogP contribution >= 0.6 is 11.3 Å². The van der Waals surface area contributed by atoms with Crippen molar-refractivity contribution in [3.63, 3.8) is 0 Å². The number of hydrogen-bond acceptors (Lipinski definition) is 9. The number of carbonyl (C=O) groups excluding carboxylic acids is 4. The lowest BCUT2D eigenvalue weighted by atomic mass is 9.92. The van der Waals surface area contributed by atoms with Gasteiger partial charge in [-0.3, -0.25) is 28.9 Å². The lowest BCUT2D eigenvalue weighted by Crippen LogP contribution is -2.59. The summed E-state index contributed by atoms with van der Waals surface area (Å²) in [4.78, 5) is 74.8. The number of amides is 3. The van der Waals surface area contributed by atoms with E-state index in [4.69, 9.17) is 4.74 Å². The van der Waals surface area contributed by atoms with Crippen molar-refractivity contribution in [2.24, 2.45) is 17.8 Å². The molecule has 3 N–H and O–H groups in total. The van der Waals surface area contributed by atoms with E-state index in [1.807, 2.05) is 70.8 Å². The van der Waals surface area contributed by atoms with Crippen LogP contribution in [0.15, 0.2) is 29.6 Å². The zero-order valence-electron chi connectivity index (χ0n) is 32.1. The van der Waals surface area contributed by atoms with Crippen LogP contribution in [0.3, 0.4) is 0 Å². The Labute approximate surface area is 313 Å². The maximum Gasteiger partial charge on any atom is 0.306 e. The molecule has 0 bridgehead atoms.